The summed E-state index contributed by atoms with van der Waals surface area (Å²) in [5.41, 5.74) is 7.25. The average molecular weight is 378 g/mol. The number of aryl methyl sites for hydroxylation is 2. The molecule has 2 N–H and O–H groups in total. The van der Waals surface area contributed by atoms with Gasteiger partial charge in [-0.1, -0.05) is 24.3 Å². The Kier molecular flexibility index (Phi) is 4.29. The summed E-state index contributed by atoms with van der Waals surface area (Å²) in [6.45, 7) is 7.77. The van der Waals surface area contributed by atoms with Crippen LogP contribution in [0.5, 0.6) is 0 Å². The highest BCUT2D eigenvalue weighted by Crippen LogP contribution is 2.40. The monoisotopic (exact) mass is 377 g/mol. The van der Waals surface area contributed by atoms with E-state index in [1.165, 1.54) is 27.7 Å². The van der Waals surface area contributed by atoms with Gasteiger partial charge in [-0.05, 0) is 61.9 Å². The van der Waals surface area contributed by atoms with Gasteiger partial charge >= 0.3 is 0 Å². The van der Waals surface area contributed by atoms with Gasteiger partial charge in [0.25, 0.3) is 0 Å². The van der Waals surface area contributed by atoms with Crippen LogP contribution in [-0.4, -0.2) is 29.5 Å². The van der Waals surface area contributed by atoms with Crippen molar-refractivity contribution in [2.45, 2.75) is 45.2 Å². The van der Waals surface area contributed by atoms with Crippen LogP contribution in [0, 0.1) is 19.7 Å². The highest BCUT2D eigenvalue weighted by molar-refractivity contribution is 5.86. The Labute approximate surface area is 165 Å². The summed E-state index contributed by atoms with van der Waals surface area (Å²) in [7, 11) is 0. The molecule has 2 aliphatic rings. The number of likely N-dealkylation sites (tertiary alicyclic amines) is 1. The number of H-pyrrole nitrogens is 1. The number of hydrogen-bond acceptors (Lipinski definition) is 2. The summed E-state index contributed by atoms with van der Waals surface area (Å²) in [5.74, 6) is -0.0793. The number of nitrogens with one attached hydrogen (secondary N) is 2. The summed E-state index contributed by atoms with van der Waals surface area (Å²) in [6, 6.07) is 12.3. The largest absolute Gasteiger partial charge is 0.357 e. The standard InChI is InChI=1S/C24H28FN3/c1-16-3-5-18(21(25)13-16)15-28-11-8-24(9-12-28)23-20(7-10-26-24)19-6-4-17(2)14-22(19)27-23/h3-6,13-14,26-27H,7-12,15H2,1-2H3. The highest BCUT2D eigenvalue weighted by atomic mass is 19.1. The van der Waals surface area contributed by atoms with Crippen LogP contribution < -0.4 is 5.32 Å². The minimum atomic E-state index is -0.0793. The maximum atomic E-state index is 14.3. The molecule has 0 bridgehead atoms. The molecule has 1 spiro atoms. The molecule has 3 heterocycles. The highest BCUT2D eigenvalue weighted by Gasteiger charge is 2.41. The lowest BCUT2D eigenvalue weighted by molar-refractivity contribution is 0.120. The average Bonchev–Trinajstić information content (AvgIpc) is 3.05. The van der Waals surface area contributed by atoms with Gasteiger partial charge in [0.05, 0.1) is 5.54 Å². The molecule has 2 aliphatic heterocycles. The lowest BCUT2D eigenvalue weighted by Gasteiger charge is -2.45. The fourth-order valence-electron chi connectivity index (χ4n) is 5.09. The molecule has 3 aromatic rings. The van der Waals surface area contributed by atoms with E-state index in [2.05, 4.69) is 40.3 Å². The van der Waals surface area contributed by atoms with E-state index in [0.29, 0.717) is 6.54 Å². The van der Waals surface area contributed by atoms with Crippen molar-refractivity contribution in [3.05, 3.63) is 70.2 Å². The molecule has 0 radical (unpaired) electrons. The van der Waals surface area contributed by atoms with Gasteiger partial charge in [-0.25, -0.2) is 4.39 Å². The van der Waals surface area contributed by atoms with Gasteiger partial charge in [-0.3, -0.25) is 4.90 Å². The van der Waals surface area contributed by atoms with Crippen LogP contribution >= 0.6 is 0 Å². The molecule has 28 heavy (non-hydrogen) atoms. The molecule has 0 saturated carbocycles. The maximum Gasteiger partial charge on any atom is 0.127 e. The number of piperidine rings is 1. The Morgan fingerprint density at radius 3 is 2.57 bits per heavy atom. The van der Waals surface area contributed by atoms with Crippen LogP contribution in [0.3, 0.4) is 0 Å². The van der Waals surface area contributed by atoms with Crippen LogP contribution in [0.4, 0.5) is 4.39 Å². The molecule has 0 aliphatic carbocycles. The molecule has 3 nitrogen and oxygen atoms in total. The zero-order valence-electron chi connectivity index (χ0n) is 16.7. The third-order valence-electron chi connectivity index (χ3n) is 6.69. The zero-order valence-corrected chi connectivity index (χ0v) is 16.7. The van der Waals surface area contributed by atoms with E-state index in [0.717, 1.165) is 50.0 Å². The number of benzene rings is 2. The van der Waals surface area contributed by atoms with Gasteiger partial charge in [0.15, 0.2) is 0 Å². The van der Waals surface area contributed by atoms with E-state index >= 15 is 0 Å². The number of aromatic nitrogens is 1. The van der Waals surface area contributed by atoms with Crippen molar-refractivity contribution in [3.8, 4) is 0 Å². The Balaban J connectivity index is 1.38. The first-order valence-electron chi connectivity index (χ1n) is 10.4. The van der Waals surface area contributed by atoms with E-state index in [4.69, 9.17) is 0 Å². The Morgan fingerprint density at radius 1 is 1.04 bits per heavy atom. The summed E-state index contributed by atoms with van der Waals surface area (Å²) in [5, 5.41) is 5.22. The molecule has 2 aromatic carbocycles. The van der Waals surface area contributed by atoms with Crippen LogP contribution in [0.1, 0.15) is 40.8 Å². The van der Waals surface area contributed by atoms with Gasteiger partial charge in [0.2, 0.25) is 0 Å². The molecule has 146 valence electrons. The van der Waals surface area contributed by atoms with Crippen molar-refractivity contribution in [3.63, 3.8) is 0 Å². The number of nitrogens with zero attached hydrogens (tertiary/aromatic N) is 1. The van der Waals surface area contributed by atoms with Crippen LogP contribution in [0.2, 0.25) is 0 Å². The predicted molar refractivity (Wildman–Crippen MR) is 112 cm³/mol. The van der Waals surface area contributed by atoms with Gasteiger partial charge in [0, 0.05) is 48.3 Å². The van der Waals surface area contributed by atoms with Crippen molar-refractivity contribution < 1.29 is 4.39 Å². The minimum Gasteiger partial charge on any atom is -0.357 e. The number of fused-ring (bicyclic) bond motifs is 4. The second-order valence-electron chi connectivity index (χ2n) is 8.66. The quantitative estimate of drug-likeness (QED) is 0.686. The first-order chi connectivity index (χ1) is 13.5. The molecule has 1 aromatic heterocycles. The van der Waals surface area contributed by atoms with Crippen molar-refractivity contribution in [2.24, 2.45) is 0 Å². The van der Waals surface area contributed by atoms with Crippen LogP contribution in [0.15, 0.2) is 36.4 Å². The maximum absolute atomic E-state index is 14.3. The normalized spacial score (nSPS) is 19.2. The second-order valence-corrected chi connectivity index (χ2v) is 8.66. The number of halogens is 1. The van der Waals surface area contributed by atoms with E-state index in [1.54, 1.807) is 6.07 Å². The topological polar surface area (TPSA) is 31.1 Å². The van der Waals surface area contributed by atoms with Crippen molar-refractivity contribution in [1.29, 1.82) is 0 Å². The second kappa shape index (κ2) is 6.71. The van der Waals surface area contributed by atoms with E-state index in [-0.39, 0.29) is 11.4 Å². The number of aromatic amines is 1. The fourth-order valence-corrected chi connectivity index (χ4v) is 5.09. The van der Waals surface area contributed by atoms with Gasteiger partial charge in [0.1, 0.15) is 5.82 Å². The Morgan fingerprint density at radius 2 is 1.79 bits per heavy atom. The molecule has 1 saturated heterocycles. The van der Waals surface area contributed by atoms with Crippen LogP contribution in [0.25, 0.3) is 10.9 Å². The third-order valence-corrected chi connectivity index (χ3v) is 6.69. The van der Waals surface area contributed by atoms with Crippen molar-refractivity contribution >= 4 is 10.9 Å². The minimum absolute atomic E-state index is 0.0306. The smallest absolute Gasteiger partial charge is 0.127 e. The number of rotatable bonds is 2. The van der Waals surface area contributed by atoms with Crippen molar-refractivity contribution in [2.75, 3.05) is 19.6 Å². The summed E-state index contributed by atoms with van der Waals surface area (Å²) in [4.78, 5) is 6.15. The summed E-state index contributed by atoms with van der Waals surface area (Å²) >= 11 is 0. The third kappa shape index (κ3) is 2.96. The molecule has 1 fully saturated rings. The lowest BCUT2D eigenvalue weighted by Crippen LogP contribution is -2.54. The SMILES string of the molecule is Cc1ccc(CN2CCC3(CC2)NCCc2c3[nH]c3cc(C)ccc23)c(F)c1. The van der Waals surface area contributed by atoms with Gasteiger partial charge in [-0.15, -0.1) is 0 Å². The Bertz CT molecular complexity index is 1030. The zero-order chi connectivity index (χ0) is 19.3. The molecule has 0 unspecified atom stereocenters. The Hall–Kier alpha value is -2.17. The molecule has 5 rings (SSSR count). The van der Waals surface area contributed by atoms with E-state index in [1.807, 2.05) is 19.1 Å². The molecule has 4 heteroatoms. The molecule has 0 atom stereocenters. The van der Waals surface area contributed by atoms with Gasteiger partial charge in [-0.2, -0.15) is 0 Å². The van der Waals surface area contributed by atoms with Gasteiger partial charge < -0.3 is 10.3 Å². The first kappa shape index (κ1) is 17.9. The first-order valence-corrected chi connectivity index (χ1v) is 10.4. The predicted octanol–water partition coefficient (Wildman–Crippen LogP) is 4.56. The number of hydrogen-bond donors (Lipinski definition) is 2. The molecule has 0 amide bonds. The fraction of sp³-hybridized carbons (Fsp3) is 0.417. The van der Waals surface area contributed by atoms with Crippen LogP contribution in [-0.2, 0) is 18.5 Å². The summed E-state index contributed by atoms with van der Waals surface area (Å²) < 4.78 is 14.3. The van der Waals surface area contributed by atoms with E-state index < -0.39 is 0 Å². The van der Waals surface area contributed by atoms with Crippen molar-refractivity contribution in [1.82, 2.24) is 15.2 Å². The molecular weight excluding hydrogens is 349 g/mol. The summed E-state index contributed by atoms with van der Waals surface area (Å²) in [6.07, 6.45) is 3.19. The lowest BCUT2D eigenvalue weighted by atomic mass is 9.79. The van der Waals surface area contributed by atoms with E-state index in [9.17, 15) is 4.39 Å². The molecular formula is C24H28FN3.